The van der Waals surface area contributed by atoms with E-state index in [4.69, 9.17) is 9.47 Å². The molecule has 0 spiro atoms. The van der Waals surface area contributed by atoms with Crippen LogP contribution in [0.15, 0.2) is 60.7 Å². The van der Waals surface area contributed by atoms with E-state index in [-0.39, 0.29) is 23.6 Å². The van der Waals surface area contributed by atoms with Crippen molar-refractivity contribution in [1.29, 1.82) is 0 Å². The normalized spacial score (nSPS) is 20.0. The molecule has 1 saturated heterocycles. The van der Waals surface area contributed by atoms with Crippen LogP contribution in [0.3, 0.4) is 0 Å². The Morgan fingerprint density at radius 3 is 2.39 bits per heavy atom. The summed E-state index contributed by atoms with van der Waals surface area (Å²) in [6.07, 6.45) is 2.20. The van der Waals surface area contributed by atoms with Crippen LogP contribution in [0.1, 0.15) is 30.9 Å². The van der Waals surface area contributed by atoms with E-state index in [0.29, 0.717) is 26.2 Å². The second-order valence-corrected chi connectivity index (χ2v) is 7.54. The predicted octanol–water partition coefficient (Wildman–Crippen LogP) is 4.22. The maximum absolute atomic E-state index is 12.9. The molecule has 0 amide bonds. The lowest BCUT2D eigenvalue weighted by molar-refractivity contribution is -0.145. The van der Waals surface area contributed by atoms with Crippen LogP contribution in [0, 0.1) is 17.8 Å². The first-order valence-corrected chi connectivity index (χ1v) is 10.0. The minimum absolute atomic E-state index is 0.00601. The average Bonchev–Trinajstić information content (AvgIpc) is 3.08. The molecule has 0 aliphatic carbocycles. The number of rotatable bonds is 10. The van der Waals surface area contributed by atoms with Gasteiger partial charge in [0.05, 0.1) is 13.2 Å². The van der Waals surface area contributed by atoms with Crippen molar-refractivity contribution in [3.63, 3.8) is 0 Å². The molecule has 0 aromatic heterocycles. The van der Waals surface area contributed by atoms with Gasteiger partial charge in [-0.1, -0.05) is 67.6 Å². The second-order valence-electron chi connectivity index (χ2n) is 7.54. The zero-order valence-corrected chi connectivity index (χ0v) is 16.4. The van der Waals surface area contributed by atoms with Gasteiger partial charge in [0.1, 0.15) is 11.7 Å². The van der Waals surface area contributed by atoms with Crippen LogP contribution >= 0.6 is 0 Å². The van der Waals surface area contributed by atoms with Gasteiger partial charge in [0.25, 0.3) is 0 Å². The van der Waals surface area contributed by atoms with Crippen molar-refractivity contribution in [2.24, 2.45) is 17.8 Å². The standard InChI is InChI=1S/C24H28O4/c1-18(9-8-14-27-16-20-12-6-3-7-13-20)23(25)22-21(17-28-24(22)26)15-19-10-4-2-5-11-19/h2-7,10-13,18,21-22H,8-9,14-17H2,1H3/t18-,21+,22?/m1/s1. The number of carbonyl (C=O) groups is 2. The predicted molar refractivity (Wildman–Crippen MR) is 108 cm³/mol. The van der Waals surface area contributed by atoms with Gasteiger partial charge >= 0.3 is 5.97 Å². The number of carbonyl (C=O) groups excluding carboxylic acids is 2. The van der Waals surface area contributed by atoms with E-state index < -0.39 is 5.92 Å². The van der Waals surface area contributed by atoms with Crippen LogP contribution in [0.4, 0.5) is 0 Å². The fraction of sp³-hybridized carbons (Fsp3) is 0.417. The van der Waals surface area contributed by atoms with Crippen molar-refractivity contribution < 1.29 is 19.1 Å². The molecule has 4 nitrogen and oxygen atoms in total. The van der Waals surface area contributed by atoms with E-state index in [1.54, 1.807) is 0 Å². The van der Waals surface area contributed by atoms with Crippen LogP contribution in [0.25, 0.3) is 0 Å². The van der Waals surface area contributed by atoms with E-state index in [1.807, 2.05) is 67.6 Å². The van der Waals surface area contributed by atoms with Gasteiger partial charge in [-0.25, -0.2) is 0 Å². The molecule has 1 unspecified atom stereocenters. The van der Waals surface area contributed by atoms with Crippen molar-refractivity contribution in [2.45, 2.75) is 32.8 Å². The molecular weight excluding hydrogens is 352 g/mol. The van der Waals surface area contributed by atoms with Crippen LogP contribution < -0.4 is 0 Å². The molecule has 3 rings (SSSR count). The fourth-order valence-corrected chi connectivity index (χ4v) is 3.71. The van der Waals surface area contributed by atoms with Crippen LogP contribution in [-0.4, -0.2) is 25.0 Å². The summed E-state index contributed by atoms with van der Waals surface area (Å²) in [5, 5.41) is 0. The maximum Gasteiger partial charge on any atom is 0.316 e. The second kappa shape index (κ2) is 10.2. The number of hydrogen-bond donors (Lipinski definition) is 0. The monoisotopic (exact) mass is 380 g/mol. The third-order valence-corrected chi connectivity index (χ3v) is 5.34. The van der Waals surface area contributed by atoms with Gasteiger partial charge in [0.15, 0.2) is 0 Å². The zero-order chi connectivity index (χ0) is 19.8. The van der Waals surface area contributed by atoms with Crippen molar-refractivity contribution in [2.75, 3.05) is 13.2 Å². The van der Waals surface area contributed by atoms with Gasteiger partial charge in [-0.2, -0.15) is 0 Å². The maximum atomic E-state index is 12.9. The van der Waals surface area contributed by atoms with Crippen LogP contribution in [0.5, 0.6) is 0 Å². The van der Waals surface area contributed by atoms with Gasteiger partial charge in [0.2, 0.25) is 0 Å². The lowest BCUT2D eigenvalue weighted by atomic mass is 9.81. The molecule has 1 fully saturated rings. The third-order valence-electron chi connectivity index (χ3n) is 5.34. The SMILES string of the molecule is C[C@H](CCCOCc1ccccc1)C(=O)C1C(=O)OC[C@@H]1Cc1ccccc1. The number of hydrogen-bond acceptors (Lipinski definition) is 4. The average molecular weight is 380 g/mol. The van der Waals surface area contributed by atoms with Gasteiger partial charge < -0.3 is 9.47 Å². The Balaban J connectivity index is 1.45. The molecule has 0 radical (unpaired) electrons. The molecule has 0 bridgehead atoms. The summed E-state index contributed by atoms with van der Waals surface area (Å²) in [7, 11) is 0. The van der Waals surface area contributed by atoms with Crippen molar-refractivity contribution in [3.05, 3.63) is 71.8 Å². The van der Waals surface area contributed by atoms with E-state index in [9.17, 15) is 9.59 Å². The van der Waals surface area contributed by atoms with E-state index in [0.717, 1.165) is 24.0 Å². The molecule has 1 aliphatic heterocycles. The Labute approximate surface area is 166 Å². The molecule has 148 valence electrons. The summed E-state index contributed by atoms with van der Waals surface area (Å²) in [6.45, 7) is 3.42. The van der Waals surface area contributed by atoms with Crippen LogP contribution in [-0.2, 0) is 32.1 Å². The summed E-state index contributed by atoms with van der Waals surface area (Å²) in [5.41, 5.74) is 2.27. The molecular formula is C24H28O4. The molecule has 1 aliphatic rings. The highest BCUT2D eigenvalue weighted by molar-refractivity contribution is 6.01. The van der Waals surface area contributed by atoms with Crippen molar-refractivity contribution in [1.82, 2.24) is 0 Å². The molecule has 0 N–H and O–H groups in total. The highest BCUT2D eigenvalue weighted by atomic mass is 16.5. The quantitative estimate of drug-likeness (QED) is 0.352. The van der Waals surface area contributed by atoms with E-state index in [1.165, 1.54) is 0 Å². The summed E-state index contributed by atoms with van der Waals surface area (Å²) >= 11 is 0. The Morgan fingerprint density at radius 2 is 1.71 bits per heavy atom. The lowest BCUT2D eigenvalue weighted by Crippen LogP contribution is -2.31. The molecule has 2 aromatic carbocycles. The van der Waals surface area contributed by atoms with E-state index in [2.05, 4.69) is 0 Å². The van der Waals surface area contributed by atoms with E-state index >= 15 is 0 Å². The van der Waals surface area contributed by atoms with Gasteiger partial charge in [0, 0.05) is 18.4 Å². The van der Waals surface area contributed by atoms with Gasteiger partial charge in [-0.05, 0) is 30.4 Å². The molecule has 0 saturated carbocycles. The first kappa shape index (κ1) is 20.3. The number of ketones is 1. The van der Waals surface area contributed by atoms with Crippen molar-refractivity contribution in [3.8, 4) is 0 Å². The largest absolute Gasteiger partial charge is 0.465 e. The Kier molecular flexibility index (Phi) is 7.38. The van der Waals surface area contributed by atoms with Crippen molar-refractivity contribution >= 4 is 11.8 Å². The third kappa shape index (κ3) is 5.52. The fourth-order valence-electron chi connectivity index (χ4n) is 3.71. The lowest BCUT2D eigenvalue weighted by Gasteiger charge is -2.18. The Bertz CT molecular complexity index is 757. The number of ether oxygens (including phenoxy) is 2. The number of cyclic esters (lactones) is 1. The Morgan fingerprint density at radius 1 is 1.07 bits per heavy atom. The summed E-state index contributed by atoms with van der Waals surface area (Å²) in [4.78, 5) is 25.1. The number of benzene rings is 2. The molecule has 3 atom stereocenters. The topological polar surface area (TPSA) is 52.6 Å². The zero-order valence-electron chi connectivity index (χ0n) is 16.4. The highest BCUT2D eigenvalue weighted by Crippen LogP contribution is 2.30. The molecule has 1 heterocycles. The summed E-state index contributed by atoms with van der Waals surface area (Å²) in [5.74, 6) is -1.24. The molecule has 2 aromatic rings. The minimum Gasteiger partial charge on any atom is -0.465 e. The summed E-state index contributed by atoms with van der Waals surface area (Å²) in [6, 6.07) is 20.0. The summed E-state index contributed by atoms with van der Waals surface area (Å²) < 4.78 is 10.9. The first-order valence-electron chi connectivity index (χ1n) is 10.0. The van der Waals surface area contributed by atoms with Crippen LogP contribution in [0.2, 0.25) is 0 Å². The Hall–Kier alpha value is -2.46. The molecule has 28 heavy (non-hydrogen) atoms. The number of esters is 1. The first-order chi connectivity index (χ1) is 13.6. The minimum atomic E-state index is -0.638. The highest BCUT2D eigenvalue weighted by Gasteiger charge is 2.43. The molecule has 4 heteroatoms. The van der Waals surface area contributed by atoms with Gasteiger partial charge in [-0.3, -0.25) is 9.59 Å². The van der Waals surface area contributed by atoms with Gasteiger partial charge in [-0.15, -0.1) is 0 Å². The smallest absolute Gasteiger partial charge is 0.316 e. The number of Topliss-reactive ketones (excluding diaryl/α,β-unsaturated/α-hetero) is 1.